The number of rotatable bonds is 5. The van der Waals surface area contributed by atoms with Gasteiger partial charge in [-0.3, -0.25) is 4.68 Å². The maximum atomic E-state index is 9.62. The summed E-state index contributed by atoms with van der Waals surface area (Å²) >= 11 is 0. The van der Waals surface area contributed by atoms with Crippen LogP contribution in [0.25, 0.3) is 0 Å². The third-order valence-electron chi connectivity index (χ3n) is 2.34. The zero-order valence-electron chi connectivity index (χ0n) is 11.5. The van der Waals surface area contributed by atoms with Crippen molar-refractivity contribution in [2.75, 3.05) is 0 Å². The van der Waals surface area contributed by atoms with Crippen molar-refractivity contribution >= 4 is 0 Å². The third kappa shape index (κ3) is 6.38. The van der Waals surface area contributed by atoms with E-state index in [2.05, 4.69) is 36.4 Å². The van der Waals surface area contributed by atoms with Crippen LogP contribution in [-0.2, 0) is 13.1 Å². The molecule has 0 aliphatic heterocycles. The molecular weight excluding hydrogens is 216 g/mol. The Morgan fingerprint density at radius 1 is 1.29 bits per heavy atom. The van der Waals surface area contributed by atoms with Gasteiger partial charge < -0.3 is 10.4 Å². The highest BCUT2D eigenvalue weighted by atomic mass is 16.3. The maximum absolute atomic E-state index is 9.62. The fourth-order valence-corrected chi connectivity index (χ4v) is 1.27. The molecular formula is C12H24N4O. The quantitative estimate of drug-likeness (QED) is 0.815. The molecule has 1 rings (SSSR count). The van der Waals surface area contributed by atoms with Gasteiger partial charge in [0.2, 0.25) is 0 Å². The molecule has 0 atom stereocenters. The summed E-state index contributed by atoms with van der Waals surface area (Å²) in [4.78, 5) is 0. The summed E-state index contributed by atoms with van der Waals surface area (Å²) in [5, 5.41) is 21.1. The standard InChI is InChI=1S/C12H24N4O/c1-11(2,3)13-8-10-9-16(15-14-10)7-6-12(4,5)17/h9,13,17H,6-8H2,1-5H3. The van der Waals surface area contributed by atoms with Gasteiger partial charge in [-0.2, -0.15) is 0 Å². The highest BCUT2D eigenvalue weighted by molar-refractivity contribution is 4.93. The lowest BCUT2D eigenvalue weighted by Crippen LogP contribution is -2.35. The molecule has 5 heteroatoms. The van der Waals surface area contributed by atoms with Crippen molar-refractivity contribution in [2.45, 2.75) is 65.3 Å². The molecule has 0 unspecified atom stereocenters. The van der Waals surface area contributed by atoms with Crippen LogP contribution in [0.2, 0.25) is 0 Å². The molecule has 0 fully saturated rings. The lowest BCUT2D eigenvalue weighted by Gasteiger charge is -2.19. The van der Waals surface area contributed by atoms with Gasteiger partial charge >= 0.3 is 0 Å². The van der Waals surface area contributed by atoms with E-state index in [-0.39, 0.29) is 5.54 Å². The smallest absolute Gasteiger partial charge is 0.0965 e. The second-order valence-corrected chi connectivity index (χ2v) is 6.14. The summed E-state index contributed by atoms with van der Waals surface area (Å²) in [6, 6.07) is 0. The van der Waals surface area contributed by atoms with Gasteiger partial charge in [0.05, 0.1) is 11.3 Å². The largest absolute Gasteiger partial charge is 0.390 e. The first-order valence-electron chi connectivity index (χ1n) is 6.02. The van der Waals surface area contributed by atoms with Crippen LogP contribution >= 0.6 is 0 Å². The van der Waals surface area contributed by atoms with Crippen molar-refractivity contribution in [3.05, 3.63) is 11.9 Å². The Morgan fingerprint density at radius 3 is 2.47 bits per heavy atom. The number of nitrogens with zero attached hydrogens (tertiary/aromatic N) is 3. The van der Waals surface area contributed by atoms with Crippen LogP contribution in [0.5, 0.6) is 0 Å². The van der Waals surface area contributed by atoms with E-state index in [9.17, 15) is 5.11 Å². The van der Waals surface area contributed by atoms with Crippen molar-refractivity contribution < 1.29 is 5.11 Å². The predicted molar refractivity (Wildman–Crippen MR) is 67.5 cm³/mol. The first-order valence-corrected chi connectivity index (χ1v) is 6.02. The van der Waals surface area contributed by atoms with Crippen LogP contribution in [0.4, 0.5) is 0 Å². The topological polar surface area (TPSA) is 63.0 Å². The Balaban J connectivity index is 2.43. The van der Waals surface area contributed by atoms with Crippen molar-refractivity contribution in [1.29, 1.82) is 0 Å². The van der Waals surface area contributed by atoms with E-state index >= 15 is 0 Å². The second-order valence-electron chi connectivity index (χ2n) is 6.14. The van der Waals surface area contributed by atoms with Gasteiger partial charge in [0.15, 0.2) is 0 Å². The summed E-state index contributed by atoms with van der Waals surface area (Å²) in [5.74, 6) is 0. The normalized spacial score (nSPS) is 13.1. The summed E-state index contributed by atoms with van der Waals surface area (Å²) in [7, 11) is 0. The molecule has 0 aliphatic rings. The van der Waals surface area contributed by atoms with Gasteiger partial charge in [0, 0.05) is 24.8 Å². The molecule has 0 aromatic carbocycles. The molecule has 1 aromatic rings. The van der Waals surface area contributed by atoms with Crippen LogP contribution < -0.4 is 5.32 Å². The summed E-state index contributed by atoms with van der Waals surface area (Å²) in [5.41, 5.74) is 0.350. The molecule has 17 heavy (non-hydrogen) atoms. The number of hydrogen-bond donors (Lipinski definition) is 2. The fraction of sp³-hybridized carbons (Fsp3) is 0.833. The molecule has 1 heterocycles. The minimum Gasteiger partial charge on any atom is -0.390 e. The molecule has 98 valence electrons. The number of aliphatic hydroxyl groups is 1. The van der Waals surface area contributed by atoms with E-state index < -0.39 is 5.60 Å². The Hall–Kier alpha value is -0.940. The van der Waals surface area contributed by atoms with E-state index in [1.54, 1.807) is 18.5 Å². The average Bonchev–Trinajstić information content (AvgIpc) is 2.57. The van der Waals surface area contributed by atoms with Crippen LogP contribution in [0.15, 0.2) is 6.20 Å². The zero-order valence-corrected chi connectivity index (χ0v) is 11.5. The fourth-order valence-electron chi connectivity index (χ4n) is 1.27. The van der Waals surface area contributed by atoms with Gasteiger partial charge in [-0.15, -0.1) is 5.10 Å². The van der Waals surface area contributed by atoms with Gasteiger partial charge in [-0.1, -0.05) is 5.21 Å². The van der Waals surface area contributed by atoms with Crippen LogP contribution in [0, 0.1) is 0 Å². The van der Waals surface area contributed by atoms with Crippen molar-refractivity contribution in [3.63, 3.8) is 0 Å². The molecule has 0 saturated carbocycles. The van der Waals surface area contributed by atoms with Crippen LogP contribution in [0.3, 0.4) is 0 Å². The molecule has 1 aromatic heterocycles. The van der Waals surface area contributed by atoms with Gasteiger partial charge in [-0.25, -0.2) is 0 Å². The zero-order chi connectivity index (χ0) is 13.1. The monoisotopic (exact) mass is 240 g/mol. The van der Waals surface area contributed by atoms with E-state index in [1.807, 2.05) is 6.20 Å². The molecule has 0 saturated heterocycles. The lowest BCUT2D eigenvalue weighted by atomic mass is 10.1. The molecule has 0 spiro atoms. The molecule has 5 nitrogen and oxygen atoms in total. The van der Waals surface area contributed by atoms with E-state index in [0.29, 0.717) is 19.5 Å². The minimum absolute atomic E-state index is 0.0802. The van der Waals surface area contributed by atoms with Gasteiger partial charge in [0.1, 0.15) is 0 Å². The van der Waals surface area contributed by atoms with Crippen LogP contribution in [-0.4, -0.2) is 31.2 Å². The first kappa shape index (κ1) is 14.1. The van der Waals surface area contributed by atoms with Gasteiger partial charge in [-0.05, 0) is 41.0 Å². The number of nitrogens with one attached hydrogen (secondary N) is 1. The Bertz CT molecular complexity index is 314. The highest BCUT2D eigenvalue weighted by Crippen LogP contribution is 2.08. The average molecular weight is 240 g/mol. The van der Waals surface area contributed by atoms with Crippen molar-refractivity contribution in [3.8, 4) is 0 Å². The van der Waals surface area contributed by atoms with Crippen molar-refractivity contribution in [1.82, 2.24) is 20.3 Å². The molecule has 2 N–H and O–H groups in total. The number of hydrogen-bond acceptors (Lipinski definition) is 4. The molecule has 0 bridgehead atoms. The minimum atomic E-state index is -0.657. The Labute approximate surface area is 103 Å². The van der Waals surface area contributed by atoms with E-state index in [0.717, 1.165) is 5.69 Å². The lowest BCUT2D eigenvalue weighted by molar-refractivity contribution is 0.0649. The van der Waals surface area contributed by atoms with E-state index in [4.69, 9.17) is 0 Å². The summed E-state index contributed by atoms with van der Waals surface area (Å²) in [6.45, 7) is 11.3. The summed E-state index contributed by atoms with van der Waals surface area (Å²) < 4.78 is 1.78. The second kappa shape index (κ2) is 5.14. The Kier molecular flexibility index (Phi) is 4.27. The third-order valence-corrected chi connectivity index (χ3v) is 2.34. The number of aryl methyl sites for hydroxylation is 1. The molecule has 0 radical (unpaired) electrons. The van der Waals surface area contributed by atoms with Gasteiger partial charge in [0.25, 0.3) is 0 Å². The number of aromatic nitrogens is 3. The SMILES string of the molecule is CC(C)(O)CCn1cc(CNC(C)(C)C)nn1. The highest BCUT2D eigenvalue weighted by Gasteiger charge is 2.13. The summed E-state index contributed by atoms with van der Waals surface area (Å²) in [6.07, 6.45) is 2.59. The Morgan fingerprint density at radius 2 is 1.94 bits per heavy atom. The molecule has 0 amide bonds. The molecule has 0 aliphatic carbocycles. The predicted octanol–water partition coefficient (Wildman–Crippen LogP) is 1.33. The van der Waals surface area contributed by atoms with Crippen molar-refractivity contribution in [2.24, 2.45) is 0 Å². The maximum Gasteiger partial charge on any atom is 0.0965 e. The van der Waals surface area contributed by atoms with Crippen LogP contribution in [0.1, 0.15) is 46.7 Å². The first-order chi connectivity index (χ1) is 7.66. The van der Waals surface area contributed by atoms with E-state index in [1.165, 1.54) is 0 Å².